The summed E-state index contributed by atoms with van der Waals surface area (Å²) in [6, 6.07) is 5.27. The standard InChI is InChI=1S/C11H14BrNO2/c1-2-15-10-5-3-4-8(11(10)13)9(14)6-7-12/h3-5H,2,6-7,13H2,1H3. The normalized spacial score (nSPS) is 10.0. The molecule has 0 saturated carbocycles. The number of ether oxygens (including phenoxy) is 1. The van der Waals surface area contributed by atoms with E-state index >= 15 is 0 Å². The molecule has 4 heteroatoms. The smallest absolute Gasteiger partial charge is 0.165 e. The van der Waals surface area contributed by atoms with Crippen LogP contribution in [0.25, 0.3) is 0 Å². The van der Waals surface area contributed by atoms with Gasteiger partial charge in [0, 0.05) is 17.3 Å². The lowest BCUT2D eigenvalue weighted by molar-refractivity contribution is 0.0990. The molecule has 0 atom stereocenters. The summed E-state index contributed by atoms with van der Waals surface area (Å²) in [6.45, 7) is 2.42. The van der Waals surface area contributed by atoms with Gasteiger partial charge in [0.1, 0.15) is 5.75 Å². The summed E-state index contributed by atoms with van der Waals surface area (Å²) < 4.78 is 5.32. The second-order valence-corrected chi connectivity index (χ2v) is 3.81. The molecule has 2 N–H and O–H groups in total. The molecule has 0 heterocycles. The molecule has 0 aliphatic carbocycles. The van der Waals surface area contributed by atoms with Crippen LogP contribution >= 0.6 is 15.9 Å². The minimum absolute atomic E-state index is 0.0333. The Kier molecular flexibility index (Phi) is 4.62. The number of carbonyl (C=O) groups is 1. The summed E-state index contributed by atoms with van der Waals surface area (Å²) >= 11 is 3.23. The van der Waals surface area contributed by atoms with E-state index in [-0.39, 0.29) is 5.78 Å². The van der Waals surface area contributed by atoms with E-state index in [4.69, 9.17) is 10.5 Å². The zero-order valence-corrected chi connectivity index (χ0v) is 10.2. The second kappa shape index (κ2) is 5.75. The summed E-state index contributed by atoms with van der Waals surface area (Å²) in [5.41, 5.74) is 6.82. The number of benzene rings is 1. The average molecular weight is 272 g/mol. The monoisotopic (exact) mass is 271 g/mol. The fourth-order valence-electron chi connectivity index (χ4n) is 1.29. The highest BCUT2D eigenvalue weighted by Gasteiger charge is 2.12. The van der Waals surface area contributed by atoms with Gasteiger partial charge in [-0.25, -0.2) is 0 Å². The van der Waals surface area contributed by atoms with Crippen molar-refractivity contribution in [1.29, 1.82) is 0 Å². The van der Waals surface area contributed by atoms with Gasteiger partial charge >= 0.3 is 0 Å². The summed E-state index contributed by atoms with van der Waals surface area (Å²) in [5, 5.41) is 0.643. The van der Waals surface area contributed by atoms with Gasteiger partial charge in [0.25, 0.3) is 0 Å². The van der Waals surface area contributed by atoms with E-state index < -0.39 is 0 Å². The van der Waals surface area contributed by atoms with E-state index in [1.807, 2.05) is 6.92 Å². The first-order chi connectivity index (χ1) is 7.20. The zero-order valence-electron chi connectivity index (χ0n) is 8.63. The molecule has 0 aliphatic heterocycles. The van der Waals surface area contributed by atoms with Crippen molar-refractivity contribution in [3.8, 4) is 5.75 Å². The minimum atomic E-state index is 0.0333. The van der Waals surface area contributed by atoms with E-state index in [0.717, 1.165) is 0 Å². The molecule has 0 fully saturated rings. The molecule has 0 radical (unpaired) electrons. The van der Waals surface area contributed by atoms with Crippen LogP contribution in [0.1, 0.15) is 23.7 Å². The van der Waals surface area contributed by atoms with Crippen LogP contribution in [0.2, 0.25) is 0 Å². The Bertz CT molecular complexity index is 352. The fourth-order valence-corrected chi connectivity index (χ4v) is 1.65. The van der Waals surface area contributed by atoms with Crippen LogP contribution in [0.4, 0.5) is 5.69 Å². The van der Waals surface area contributed by atoms with Gasteiger partial charge in [0.05, 0.1) is 12.3 Å². The Labute approximate surface area is 97.7 Å². The Hall–Kier alpha value is -1.03. The molecule has 0 spiro atoms. The van der Waals surface area contributed by atoms with E-state index in [2.05, 4.69) is 15.9 Å². The van der Waals surface area contributed by atoms with Gasteiger partial charge in [-0.1, -0.05) is 22.0 Å². The lowest BCUT2D eigenvalue weighted by Crippen LogP contribution is -2.06. The van der Waals surface area contributed by atoms with Crippen LogP contribution in [-0.2, 0) is 0 Å². The van der Waals surface area contributed by atoms with Crippen LogP contribution in [0, 0.1) is 0 Å². The molecular weight excluding hydrogens is 258 g/mol. The van der Waals surface area contributed by atoms with Crippen LogP contribution in [0.5, 0.6) is 5.75 Å². The van der Waals surface area contributed by atoms with Gasteiger partial charge in [-0.15, -0.1) is 0 Å². The maximum absolute atomic E-state index is 11.7. The number of hydrogen-bond acceptors (Lipinski definition) is 3. The summed E-state index contributed by atoms with van der Waals surface area (Å²) in [7, 11) is 0. The first-order valence-corrected chi connectivity index (χ1v) is 5.93. The van der Waals surface area contributed by atoms with Crippen molar-refractivity contribution >= 4 is 27.4 Å². The van der Waals surface area contributed by atoms with Crippen molar-refractivity contribution in [2.75, 3.05) is 17.7 Å². The third-order valence-corrected chi connectivity index (χ3v) is 2.38. The number of Topliss-reactive ketones (excluding diaryl/α,β-unsaturated/α-hetero) is 1. The number of anilines is 1. The van der Waals surface area contributed by atoms with Gasteiger partial charge < -0.3 is 10.5 Å². The Morgan fingerprint density at radius 3 is 2.87 bits per heavy atom. The Morgan fingerprint density at radius 1 is 1.53 bits per heavy atom. The molecule has 3 nitrogen and oxygen atoms in total. The third kappa shape index (κ3) is 2.96. The highest BCUT2D eigenvalue weighted by atomic mass is 79.9. The van der Waals surface area contributed by atoms with Crippen molar-refractivity contribution in [2.45, 2.75) is 13.3 Å². The number of carbonyl (C=O) groups excluding carboxylic acids is 1. The lowest BCUT2D eigenvalue weighted by Gasteiger charge is -2.09. The van der Waals surface area contributed by atoms with Crippen molar-refractivity contribution in [3.63, 3.8) is 0 Å². The van der Waals surface area contributed by atoms with E-state index in [9.17, 15) is 4.79 Å². The van der Waals surface area contributed by atoms with Crippen molar-refractivity contribution in [1.82, 2.24) is 0 Å². The van der Waals surface area contributed by atoms with Gasteiger partial charge in [0.15, 0.2) is 5.78 Å². The topological polar surface area (TPSA) is 52.3 Å². The number of halogens is 1. The predicted octanol–water partition coefficient (Wildman–Crippen LogP) is 2.64. The number of para-hydroxylation sites is 1. The lowest BCUT2D eigenvalue weighted by atomic mass is 10.1. The van der Waals surface area contributed by atoms with Gasteiger partial charge in [-0.2, -0.15) is 0 Å². The first-order valence-electron chi connectivity index (χ1n) is 4.81. The molecule has 0 aromatic heterocycles. The second-order valence-electron chi connectivity index (χ2n) is 3.01. The maximum Gasteiger partial charge on any atom is 0.165 e. The number of alkyl halides is 1. The van der Waals surface area contributed by atoms with Crippen LogP contribution in [-0.4, -0.2) is 17.7 Å². The summed E-state index contributed by atoms with van der Waals surface area (Å²) in [5.74, 6) is 0.615. The van der Waals surface area contributed by atoms with E-state index in [0.29, 0.717) is 35.4 Å². The highest BCUT2D eigenvalue weighted by molar-refractivity contribution is 9.09. The molecule has 1 rings (SSSR count). The van der Waals surface area contributed by atoms with Crippen LogP contribution in [0.15, 0.2) is 18.2 Å². The predicted molar refractivity (Wildman–Crippen MR) is 64.8 cm³/mol. The molecular formula is C11H14BrNO2. The molecule has 1 aromatic carbocycles. The fraction of sp³-hybridized carbons (Fsp3) is 0.364. The average Bonchev–Trinajstić information content (AvgIpc) is 2.22. The van der Waals surface area contributed by atoms with E-state index in [1.54, 1.807) is 18.2 Å². The van der Waals surface area contributed by atoms with Gasteiger partial charge in [0.2, 0.25) is 0 Å². The first kappa shape index (κ1) is 12.0. The molecule has 0 bridgehead atoms. The Morgan fingerprint density at radius 2 is 2.27 bits per heavy atom. The summed E-state index contributed by atoms with van der Waals surface area (Å²) in [6.07, 6.45) is 0.444. The van der Waals surface area contributed by atoms with Gasteiger partial charge in [-0.05, 0) is 19.1 Å². The summed E-state index contributed by atoms with van der Waals surface area (Å²) in [4.78, 5) is 11.7. The minimum Gasteiger partial charge on any atom is -0.492 e. The molecule has 15 heavy (non-hydrogen) atoms. The zero-order chi connectivity index (χ0) is 11.3. The van der Waals surface area contributed by atoms with Crippen LogP contribution < -0.4 is 10.5 Å². The number of rotatable bonds is 5. The molecule has 1 aromatic rings. The number of hydrogen-bond donors (Lipinski definition) is 1. The molecule has 0 amide bonds. The highest BCUT2D eigenvalue weighted by Crippen LogP contribution is 2.26. The van der Waals surface area contributed by atoms with E-state index in [1.165, 1.54) is 0 Å². The number of nitrogens with two attached hydrogens (primary N) is 1. The van der Waals surface area contributed by atoms with Crippen molar-refractivity contribution in [2.24, 2.45) is 0 Å². The van der Waals surface area contributed by atoms with Crippen molar-refractivity contribution < 1.29 is 9.53 Å². The number of ketones is 1. The SMILES string of the molecule is CCOc1cccc(C(=O)CCBr)c1N. The van der Waals surface area contributed by atoms with Crippen molar-refractivity contribution in [3.05, 3.63) is 23.8 Å². The maximum atomic E-state index is 11.7. The van der Waals surface area contributed by atoms with Crippen LogP contribution in [0.3, 0.4) is 0 Å². The quantitative estimate of drug-likeness (QED) is 0.509. The van der Waals surface area contributed by atoms with Gasteiger partial charge in [-0.3, -0.25) is 4.79 Å². The molecule has 0 saturated heterocycles. The number of nitrogen functional groups attached to an aromatic ring is 1. The molecule has 0 unspecified atom stereocenters. The third-order valence-electron chi connectivity index (χ3n) is 1.99. The molecule has 82 valence electrons. The largest absolute Gasteiger partial charge is 0.492 e. The molecule has 0 aliphatic rings. The Balaban J connectivity index is 2.98.